The number of methoxy groups -OCH3 is 2. The molecule has 0 aliphatic heterocycles. The molecule has 1 heterocycles. The molecule has 0 saturated heterocycles. The Balaban J connectivity index is 1.70. The highest BCUT2D eigenvalue weighted by Gasteiger charge is 2.38. The van der Waals surface area contributed by atoms with Gasteiger partial charge in [-0.2, -0.15) is 0 Å². The standard InChI is InChI=1S/C36H41N3O10/c1-4-21-37-33(43)38(22-24-48-32(42)12-8-11-31(40)41)35(45)39(34(37)44)23-25-49-36(26-9-6-5-7-10-26,27-13-17-29(46-2)18-14-27)28-15-19-30(47-3)20-16-28/h5-7,9-10,13-20H,4,8,11-12,21-25H2,1-3H3,(H,40,41). The number of benzene rings is 3. The van der Waals surface area contributed by atoms with E-state index in [1.165, 1.54) is 0 Å². The molecule has 0 fully saturated rings. The lowest BCUT2D eigenvalue weighted by atomic mass is 9.80. The van der Waals surface area contributed by atoms with Crippen LogP contribution in [0.1, 0.15) is 49.3 Å². The van der Waals surface area contributed by atoms with Crippen LogP contribution in [0.4, 0.5) is 0 Å². The van der Waals surface area contributed by atoms with E-state index in [-0.39, 0.29) is 52.1 Å². The molecule has 0 aliphatic rings. The first kappa shape index (κ1) is 36.4. The van der Waals surface area contributed by atoms with E-state index in [4.69, 9.17) is 24.1 Å². The number of ether oxygens (including phenoxy) is 4. The maximum atomic E-state index is 13.6. The van der Waals surface area contributed by atoms with E-state index in [1.807, 2.05) is 78.9 Å². The molecule has 13 nitrogen and oxygen atoms in total. The first-order valence-electron chi connectivity index (χ1n) is 16.0. The minimum absolute atomic E-state index is 0.0689. The lowest BCUT2D eigenvalue weighted by molar-refractivity contribution is -0.144. The van der Waals surface area contributed by atoms with E-state index in [9.17, 15) is 24.0 Å². The van der Waals surface area contributed by atoms with Gasteiger partial charge < -0.3 is 24.1 Å². The summed E-state index contributed by atoms with van der Waals surface area (Å²) in [6, 6.07) is 24.4. The van der Waals surface area contributed by atoms with E-state index >= 15 is 0 Å². The van der Waals surface area contributed by atoms with E-state index in [0.717, 1.165) is 30.4 Å². The van der Waals surface area contributed by atoms with Crippen molar-refractivity contribution in [1.29, 1.82) is 0 Å². The van der Waals surface area contributed by atoms with Gasteiger partial charge >= 0.3 is 29.0 Å². The third kappa shape index (κ3) is 8.54. The lowest BCUT2D eigenvalue weighted by Gasteiger charge is -2.36. The molecule has 0 saturated carbocycles. The summed E-state index contributed by atoms with van der Waals surface area (Å²) in [4.78, 5) is 63.1. The molecule has 3 aromatic carbocycles. The van der Waals surface area contributed by atoms with Crippen LogP contribution in [0.5, 0.6) is 11.5 Å². The summed E-state index contributed by atoms with van der Waals surface area (Å²) in [6.07, 6.45) is 0.240. The zero-order valence-corrected chi connectivity index (χ0v) is 27.8. The topological polar surface area (TPSA) is 157 Å². The van der Waals surface area contributed by atoms with Crippen LogP contribution >= 0.6 is 0 Å². The van der Waals surface area contributed by atoms with Crippen LogP contribution < -0.4 is 26.5 Å². The summed E-state index contributed by atoms with van der Waals surface area (Å²) in [5, 5.41) is 8.78. The normalized spacial score (nSPS) is 11.2. The number of carboxylic acid groups (broad SMARTS) is 1. The van der Waals surface area contributed by atoms with Crippen molar-refractivity contribution in [3.05, 3.63) is 127 Å². The number of nitrogens with zero attached hydrogens (tertiary/aromatic N) is 3. The van der Waals surface area contributed by atoms with Crippen LogP contribution in [0.15, 0.2) is 93.2 Å². The van der Waals surface area contributed by atoms with Crippen LogP contribution in [0.2, 0.25) is 0 Å². The fourth-order valence-corrected chi connectivity index (χ4v) is 5.55. The number of esters is 1. The summed E-state index contributed by atoms with van der Waals surface area (Å²) in [5.74, 6) is -0.386. The summed E-state index contributed by atoms with van der Waals surface area (Å²) >= 11 is 0. The summed E-state index contributed by atoms with van der Waals surface area (Å²) < 4.78 is 25.5. The number of carbonyl (C=O) groups excluding carboxylic acids is 1. The smallest absolute Gasteiger partial charge is 0.336 e. The number of hydrogen-bond donors (Lipinski definition) is 1. The molecular weight excluding hydrogens is 634 g/mol. The molecule has 4 rings (SSSR count). The molecule has 0 radical (unpaired) electrons. The molecule has 0 spiro atoms. The average molecular weight is 676 g/mol. The summed E-state index contributed by atoms with van der Waals surface area (Å²) in [5.41, 5.74) is -1.35. The lowest BCUT2D eigenvalue weighted by Crippen LogP contribution is -2.55. The molecule has 0 amide bonds. The third-order valence-electron chi connectivity index (χ3n) is 7.99. The van der Waals surface area contributed by atoms with Crippen molar-refractivity contribution in [3.8, 4) is 11.5 Å². The first-order chi connectivity index (χ1) is 23.7. The molecule has 0 aliphatic carbocycles. The number of carboxylic acids is 1. The van der Waals surface area contributed by atoms with Crippen LogP contribution in [0.3, 0.4) is 0 Å². The molecule has 0 atom stereocenters. The highest BCUT2D eigenvalue weighted by Crippen LogP contribution is 2.41. The molecule has 0 bridgehead atoms. The Morgan fingerprint density at radius 1 is 0.653 bits per heavy atom. The Kier molecular flexibility index (Phi) is 12.7. The molecule has 4 aromatic rings. The van der Waals surface area contributed by atoms with E-state index < -0.39 is 34.6 Å². The fraction of sp³-hybridized carbons (Fsp3) is 0.361. The highest BCUT2D eigenvalue weighted by atomic mass is 16.5. The monoisotopic (exact) mass is 675 g/mol. The van der Waals surface area contributed by atoms with Crippen LogP contribution in [-0.2, 0) is 44.3 Å². The zero-order valence-electron chi connectivity index (χ0n) is 27.8. The Morgan fingerprint density at radius 2 is 1.12 bits per heavy atom. The van der Waals surface area contributed by atoms with Crippen molar-refractivity contribution < 1.29 is 33.6 Å². The van der Waals surface area contributed by atoms with Crippen LogP contribution in [0, 0.1) is 0 Å². The largest absolute Gasteiger partial charge is 0.497 e. The predicted molar refractivity (Wildman–Crippen MR) is 180 cm³/mol. The molecular formula is C36H41N3O10. The van der Waals surface area contributed by atoms with E-state index in [2.05, 4.69) is 0 Å². The van der Waals surface area contributed by atoms with Crippen molar-refractivity contribution in [1.82, 2.24) is 13.7 Å². The van der Waals surface area contributed by atoms with Gasteiger partial charge in [0.25, 0.3) is 0 Å². The fourth-order valence-electron chi connectivity index (χ4n) is 5.55. The van der Waals surface area contributed by atoms with Gasteiger partial charge in [0.1, 0.15) is 23.7 Å². The van der Waals surface area contributed by atoms with Gasteiger partial charge in [0, 0.05) is 19.4 Å². The molecule has 13 heteroatoms. The predicted octanol–water partition coefficient (Wildman–Crippen LogP) is 3.41. The second kappa shape index (κ2) is 17.1. The minimum atomic E-state index is -1.20. The second-order valence-electron chi connectivity index (χ2n) is 11.1. The quantitative estimate of drug-likeness (QED) is 0.122. The summed E-state index contributed by atoms with van der Waals surface area (Å²) in [7, 11) is 3.16. The molecule has 1 aromatic heterocycles. The average Bonchev–Trinajstić information content (AvgIpc) is 3.12. The third-order valence-corrected chi connectivity index (χ3v) is 7.99. The maximum absolute atomic E-state index is 13.6. The Morgan fingerprint density at radius 3 is 1.59 bits per heavy atom. The van der Waals surface area contributed by atoms with Crippen molar-refractivity contribution in [3.63, 3.8) is 0 Å². The Hall–Kier alpha value is -5.43. The van der Waals surface area contributed by atoms with Crippen molar-refractivity contribution in [2.24, 2.45) is 0 Å². The number of aromatic nitrogens is 3. The van der Waals surface area contributed by atoms with Crippen molar-refractivity contribution >= 4 is 11.9 Å². The highest BCUT2D eigenvalue weighted by molar-refractivity contribution is 5.71. The molecule has 1 N–H and O–H groups in total. The van der Waals surface area contributed by atoms with Crippen molar-refractivity contribution in [2.75, 3.05) is 27.4 Å². The molecule has 49 heavy (non-hydrogen) atoms. The van der Waals surface area contributed by atoms with Gasteiger partial charge in [0.05, 0.1) is 33.9 Å². The maximum Gasteiger partial charge on any atom is 0.336 e. The van der Waals surface area contributed by atoms with Gasteiger partial charge in [-0.3, -0.25) is 9.59 Å². The van der Waals surface area contributed by atoms with Gasteiger partial charge in [-0.05, 0) is 53.8 Å². The van der Waals surface area contributed by atoms with Gasteiger partial charge in [0.15, 0.2) is 0 Å². The summed E-state index contributed by atoms with van der Waals surface area (Å²) in [6.45, 7) is 0.945. The van der Waals surface area contributed by atoms with Gasteiger partial charge in [0.2, 0.25) is 0 Å². The first-order valence-corrected chi connectivity index (χ1v) is 16.0. The van der Waals surface area contributed by atoms with Gasteiger partial charge in [-0.25, -0.2) is 28.1 Å². The zero-order chi connectivity index (χ0) is 35.4. The van der Waals surface area contributed by atoms with Crippen LogP contribution in [-0.4, -0.2) is 58.2 Å². The Labute approximate surface area is 282 Å². The number of aliphatic carboxylic acids is 1. The van der Waals surface area contributed by atoms with Crippen LogP contribution in [0.25, 0.3) is 0 Å². The second-order valence-corrected chi connectivity index (χ2v) is 11.1. The van der Waals surface area contributed by atoms with E-state index in [0.29, 0.717) is 17.9 Å². The van der Waals surface area contributed by atoms with E-state index in [1.54, 1.807) is 21.1 Å². The SMILES string of the molecule is CCCn1c(=O)n(CCOC(=O)CCCC(=O)O)c(=O)n(CCOC(c2ccccc2)(c2ccc(OC)cc2)c2ccc(OC)cc2)c1=O. The Bertz CT molecular complexity index is 1830. The number of rotatable bonds is 18. The van der Waals surface area contributed by atoms with Gasteiger partial charge in [-0.15, -0.1) is 0 Å². The molecule has 0 unspecified atom stereocenters. The number of hydrogen-bond acceptors (Lipinski definition) is 9. The van der Waals surface area contributed by atoms with Gasteiger partial charge in [-0.1, -0.05) is 61.5 Å². The minimum Gasteiger partial charge on any atom is -0.497 e. The molecule has 260 valence electrons. The van der Waals surface area contributed by atoms with Crippen molar-refractivity contribution in [2.45, 2.75) is 57.8 Å². The number of carbonyl (C=O) groups is 2.